The average Bonchev–Trinajstić information content (AvgIpc) is 3.15. The van der Waals surface area contributed by atoms with E-state index in [-0.39, 0.29) is 13.1 Å². The molecule has 0 amide bonds. The van der Waals surface area contributed by atoms with E-state index in [0.29, 0.717) is 0 Å². The van der Waals surface area contributed by atoms with E-state index >= 15 is 0 Å². The van der Waals surface area contributed by atoms with E-state index in [1.165, 1.54) is 0 Å². The second-order valence-corrected chi connectivity index (χ2v) is 7.29. The predicted molar refractivity (Wildman–Crippen MR) is 110 cm³/mol. The SMILES string of the molecule is CC(=Nc1ccccc1)C1=CCC(C(C)=Nc2ccccc2)=N1.[Cl][Fe][Cl]. The molecule has 2 aromatic rings. The van der Waals surface area contributed by atoms with Gasteiger partial charge in [0.1, 0.15) is 0 Å². The Morgan fingerprint density at radius 2 is 1.31 bits per heavy atom. The average molecular weight is 428 g/mol. The van der Waals surface area contributed by atoms with E-state index in [4.69, 9.17) is 25.2 Å². The molecule has 2 aromatic carbocycles. The summed E-state index contributed by atoms with van der Waals surface area (Å²) in [6, 6.07) is 19.9. The van der Waals surface area contributed by atoms with Crippen LogP contribution in [0.2, 0.25) is 0 Å². The van der Waals surface area contributed by atoms with E-state index in [0.717, 1.165) is 40.6 Å². The summed E-state index contributed by atoms with van der Waals surface area (Å²) in [5.41, 5.74) is 5.73. The van der Waals surface area contributed by atoms with Crippen molar-refractivity contribution < 1.29 is 13.1 Å². The Hall–Kier alpha value is -1.71. The Morgan fingerprint density at radius 3 is 1.81 bits per heavy atom. The van der Waals surface area contributed by atoms with Gasteiger partial charge < -0.3 is 0 Å². The predicted octanol–water partition coefficient (Wildman–Crippen LogP) is 6.68. The first-order chi connectivity index (χ1) is 12.6. The molecule has 0 spiro atoms. The maximum atomic E-state index is 4.76. The van der Waals surface area contributed by atoms with Gasteiger partial charge in [-0.2, -0.15) is 0 Å². The van der Waals surface area contributed by atoms with Gasteiger partial charge in [-0.1, -0.05) is 42.5 Å². The van der Waals surface area contributed by atoms with Gasteiger partial charge >= 0.3 is 33.3 Å². The van der Waals surface area contributed by atoms with Crippen LogP contribution in [0.3, 0.4) is 0 Å². The number of aliphatic imine (C=N–C) groups is 3. The van der Waals surface area contributed by atoms with E-state index < -0.39 is 0 Å². The van der Waals surface area contributed by atoms with Crippen LogP contribution in [0.25, 0.3) is 0 Å². The van der Waals surface area contributed by atoms with E-state index in [1.54, 1.807) is 0 Å². The first-order valence-corrected chi connectivity index (χ1v) is 11.0. The summed E-state index contributed by atoms with van der Waals surface area (Å²) in [6.45, 7) is 4.00. The number of halogens is 2. The molecule has 0 bridgehead atoms. The first-order valence-electron chi connectivity index (χ1n) is 7.98. The summed E-state index contributed by atoms with van der Waals surface area (Å²) in [5.74, 6) is 0. The molecule has 0 fully saturated rings. The fourth-order valence-electron chi connectivity index (χ4n) is 2.40. The number of hydrogen-bond donors (Lipinski definition) is 0. The van der Waals surface area contributed by atoms with Crippen molar-refractivity contribution >= 4 is 48.7 Å². The zero-order valence-electron chi connectivity index (χ0n) is 14.5. The molecule has 1 heterocycles. The van der Waals surface area contributed by atoms with Crippen molar-refractivity contribution in [2.75, 3.05) is 0 Å². The molecule has 1 aliphatic rings. The fraction of sp³-hybridized carbons (Fsp3) is 0.150. The molecule has 0 aliphatic carbocycles. The van der Waals surface area contributed by atoms with Crippen LogP contribution in [0.5, 0.6) is 0 Å². The second-order valence-electron chi connectivity index (χ2n) is 5.47. The van der Waals surface area contributed by atoms with E-state index in [9.17, 15) is 0 Å². The van der Waals surface area contributed by atoms with Crippen LogP contribution in [0, 0.1) is 0 Å². The first kappa shape index (κ1) is 20.6. The molecular formula is C20H19Cl2FeN3. The van der Waals surface area contributed by atoms with Gasteiger partial charge in [-0.25, -0.2) is 4.99 Å². The monoisotopic (exact) mass is 427 g/mol. The molecule has 3 rings (SSSR count). The van der Waals surface area contributed by atoms with Crippen molar-refractivity contribution in [3.05, 3.63) is 72.4 Å². The number of benzene rings is 2. The minimum atomic E-state index is 0.194. The van der Waals surface area contributed by atoms with Crippen LogP contribution in [0.4, 0.5) is 11.4 Å². The molecule has 1 aliphatic heterocycles. The van der Waals surface area contributed by atoms with Crippen LogP contribution >= 0.6 is 20.2 Å². The number of allylic oxidation sites excluding steroid dienone is 2. The zero-order chi connectivity index (χ0) is 18.8. The molecule has 0 aromatic heterocycles. The van der Waals surface area contributed by atoms with Crippen molar-refractivity contribution in [2.24, 2.45) is 15.0 Å². The van der Waals surface area contributed by atoms with Gasteiger partial charge in [0.2, 0.25) is 0 Å². The number of para-hydroxylation sites is 2. The number of rotatable bonds is 4. The van der Waals surface area contributed by atoms with Crippen LogP contribution in [0.1, 0.15) is 20.3 Å². The summed E-state index contributed by atoms with van der Waals surface area (Å²) in [5, 5.41) is 0. The Morgan fingerprint density at radius 1 is 0.846 bits per heavy atom. The Kier molecular flexibility index (Phi) is 8.79. The van der Waals surface area contributed by atoms with Crippen LogP contribution < -0.4 is 0 Å². The Labute approximate surface area is 169 Å². The van der Waals surface area contributed by atoms with Gasteiger partial charge in [-0.3, -0.25) is 9.98 Å². The van der Waals surface area contributed by atoms with Crippen molar-refractivity contribution in [2.45, 2.75) is 20.3 Å². The molecule has 0 atom stereocenters. The maximum absolute atomic E-state index is 4.76. The topological polar surface area (TPSA) is 37.1 Å². The number of nitrogens with zero attached hydrogens (tertiary/aromatic N) is 3. The van der Waals surface area contributed by atoms with Crippen molar-refractivity contribution in [3.63, 3.8) is 0 Å². The van der Waals surface area contributed by atoms with Gasteiger partial charge in [0.25, 0.3) is 0 Å². The van der Waals surface area contributed by atoms with Crippen LogP contribution in [0.15, 0.2) is 87.4 Å². The molecule has 0 N–H and O–H groups in total. The summed E-state index contributed by atoms with van der Waals surface area (Å²) in [4.78, 5) is 13.9. The third-order valence-electron chi connectivity index (χ3n) is 3.64. The molecule has 26 heavy (non-hydrogen) atoms. The molecule has 0 saturated heterocycles. The van der Waals surface area contributed by atoms with Crippen molar-refractivity contribution in [3.8, 4) is 0 Å². The standard InChI is InChI=1S/C20H19N3.2ClH.Fe/c1-15(21-17-9-5-3-6-10-17)19-13-14-20(23-19)16(2)22-18-11-7-4-8-12-18;;;/h3-13H,14H2,1-2H3;2*1H;/q;;;+2/p-2. The quantitative estimate of drug-likeness (QED) is 0.385. The normalized spacial score (nSPS) is 14.5. The summed E-state index contributed by atoms with van der Waals surface area (Å²) >= 11 is 0.194. The van der Waals surface area contributed by atoms with Gasteiger partial charge in [0.05, 0.1) is 34.2 Å². The van der Waals surface area contributed by atoms with Crippen LogP contribution in [-0.4, -0.2) is 17.1 Å². The molecular weight excluding hydrogens is 409 g/mol. The fourth-order valence-corrected chi connectivity index (χ4v) is 2.40. The summed E-state index contributed by atoms with van der Waals surface area (Å²) in [7, 11) is 9.53. The third kappa shape index (κ3) is 6.54. The Bertz CT molecular complexity index is 829. The summed E-state index contributed by atoms with van der Waals surface area (Å²) < 4.78 is 0. The van der Waals surface area contributed by atoms with Crippen molar-refractivity contribution in [1.82, 2.24) is 0 Å². The van der Waals surface area contributed by atoms with Gasteiger partial charge in [-0.15, -0.1) is 0 Å². The number of hydrogen-bond acceptors (Lipinski definition) is 3. The van der Waals surface area contributed by atoms with Gasteiger partial charge in [0, 0.05) is 6.42 Å². The van der Waals surface area contributed by atoms with E-state index in [1.807, 2.05) is 74.5 Å². The molecule has 0 saturated carbocycles. The van der Waals surface area contributed by atoms with Gasteiger partial charge in [-0.05, 0) is 38.1 Å². The molecule has 3 nitrogen and oxygen atoms in total. The van der Waals surface area contributed by atoms with Crippen molar-refractivity contribution in [1.29, 1.82) is 0 Å². The summed E-state index contributed by atoms with van der Waals surface area (Å²) in [6.07, 6.45) is 2.92. The third-order valence-corrected chi connectivity index (χ3v) is 3.64. The molecule has 6 heteroatoms. The Balaban J connectivity index is 0.000000758. The zero-order valence-corrected chi connectivity index (χ0v) is 17.1. The van der Waals surface area contributed by atoms with Crippen LogP contribution in [-0.2, 0) is 13.1 Å². The van der Waals surface area contributed by atoms with E-state index in [2.05, 4.69) is 16.1 Å². The molecule has 136 valence electrons. The molecule has 0 radical (unpaired) electrons. The second kappa shape index (κ2) is 11.1. The van der Waals surface area contributed by atoms with Gasteiger partial charge in [0.15, 0.2) is 0 Å². The molecule has 0 unspecified atom stereocenters. The minimum absolute atomic E-state index is 0.194.